The van der Waals surface area contributed by atoms with Crippen molar-refractivity contribution in [3.8, 4) is 0 Å². The molecule has 1 atom stereocenters. The van der Waals surface area contributed by atoms with Crippen LogP contribution in [0.2, 0.25) is 15.3 Å². The average molecular weight is 507 g/mol. The maximum absolute atomic E-state index is 13.6. The Morgan fingerprint density at radius 3 is 2.55 bits per heavy atom. The second kappa shape index (κ2) is 8.67. The lowest BCUT2D eigenvalue weighted by molar-refractivity contribution is -0.119. The Hall–Kier alpha value is -2.54. The van der Waals surface area contributed by atoms with Crippen LogP contribution in [0, 0.1) is 0 Å². The molecule has 1 N–H and O–H groups in total. The molecule has 2 aliphatic heterocycles. The third-order valence-electron chi connectivity index (χ3n) is 5.38. The van der Waals surface area contributed by atoms with Gasteiger partial charge >= 0.3 is 6.09 Å². The van der Waals surface area contributed by atoms with Crippen molar-refractivity contribution in [2.24, 2.45) is 0 Å². The zero-order chi connectivity index (χ0) is 24.0. The third kappa shape index (κ3) is 4.74. The summed E-state index contributed by atoms with van der Waals surface area (Å²) in [5, 5.41) is 3.90. The number of carbonyl (C=O) groups is 2. The van der Waals surface area contributed by atoms with E-state index in [1.165, 1.54) is 4.90 Å². The van der Waals surface area contributed by atoms with Gasteiger partial charge in [0.15, 0.2) is 0 Å². The van der Waals surface area contributed by atoms with Crippen molar-refractivity contribution in [2.75, 3.05) is 11.9 Å². The lowest BCUT2D eigenvalue weighted by Gasteiger charge is -2.33. The van der Waals surface area contributed by atoms with Crippen molar-refractivity contribution >= 4 is 52.5 Å². The molecule has 3 heterocycles. The van der Waals surface area contributed by atoms with Crippen LogP contribution in [0.4, 0.5) is 10.5 Å². The van der Waals surface area contributed by atoms with Gasteiger partial charge in [-0.1, -0.05) is 53.0 Å². The zero-order valence-corrected chi connectivity index (χ0v) is 20.6. The smallest absolute Gasteiger partial charge is 0.414 e. The molecule has 0 bridgehead atoms. The van der Waals surface area contributed by atoms with Crippen molar-refractivity contribution < 1.29 is 14.3 Å². The van der Waals surface area contributed by atoms with Crippen LogP contribution >= 0.6 is 34.8 Å². The summed E-state index contributed by atoms with van der Waals surface area (Å²) in [5.74, 6) is -0.245. The highest BCUT2D eigenvalue weighted by Crippen LogP contribution is 2.47. The van der Waals surface area contributed by atoms with Gasteiger partial charge in [-0.2, -0.15) is 0 Å². The van der Waals surface area contributed by atoms with Gasteiger partial charge in [0.25, 0.3) is 0 Å². The molecule has 0 spiro atoms. The lowest BCUT2D eigenvalue weighted by atomic mass is 9.70. The number of pyridine rings is 1. The van der Waals surface area contributed by atoms with E-state index >= 15 is 0 Å². The molecular weight excluding hydrogens is 485 g/mol. The predicted molar refractivity (Wildman–Crippen MR) is 130 cm³/mol. The number of allylic oxidation sites excluding steroid dienone is 1. The largest absolute Gasteiger partial charge is 0.443 e. The first-order chi connectivity index (χ1) is 15.5. The van der Waals surface area contributed by atoms with Gasteiger partial charge in [0.1, 0.15) is 21.3 Å². The molecule has 2 aliphatic rings. The molecule has 4 rings (SSSR count). The minimum atomic E-state index is -1.15. The molecule has 0 saturated carbocycles. The van der Waals surface area contributed by atoms with E-state index in [1.807, 2.05) is 18.2 Å². The second-order valence-electron chi connectivity index (χ2n) is 8.97. The van der Waals surface area contributed by atoms with Crippen molar-refractivity contribution in [2.45, 2.75) is 38.2 Å². The third-order valence-corrected chi connectivity index (χ3v) is 6.01. The van der Waals surface area contributed by atoms with Gasteiger partial charge in [-0.3, -0.25) is 9.69 Å². The summed E-state index contributed by atoms with van der Waals surface area (Å²) < 4.78 is 5.53. The Morgan fingerprint density at radius 2 is 1.88 bits per heavy atom. The minimum absolute atomic E-state index is 0.228. The summed E-state index contributed by atoms with van der Waals surface area (Å²) in [7, 11) is 0. The summed E-state index contributed by atoms with van der Waals surface area (Å²) in [6.07, 6.45) is 5.10. The molecule has 2 amide bonds. The van der Waals surface area contributed by atoms with Crippen LogP contribution in [-0.2, 0) is 21.4 Å². The van der Waals surface area contributed by atoms with E-state index in [9.17, 15) is 9.59 Å². The molecule has 1 aromatic heterocycles. The van der Waals surface area contributed by atoms with Gasteiger partial charge in [-0.05, 0) is 68.2 Å². The number of benzene rings is 1. The van der Waals surface area contributed by atoms with Gasteiger partial charge in [0, 0.05) is 23.5 Å². The second-order valence-corrected chi connectivity index (χ2v) is 10.2. The first-order valence-corrected chi connectivity index (χ1v) is 11.4. The molecular formula is C24H22Cl3N3O3. The molecule has 1 unspecified atom stereocenters. The maximum atomic E-state index is 13.6. The number of anilines is 1. The number of carbonyl (C=O) groups excluding carboxylic acids is 2. The van der Waals surface area contributed by atoms with Crippen LogP contribution < -0.4 is 5.32 Å². The Kier molecular flexibility index (Phi) is 6.20. The average Bonchev–Trinajstić information content (AvgIpc) is 2.97. The number of halogens is 3. The van der Waals surface area contributed by atoms with Gasteiger partial charge in [0.05, 0.1) is 0 Å². The fraction of sp³-hybridized carbons (Fsp3) is 0.292. The van der Waals surface area contributed by atoms with Crippen LogP contribution in [0.1, 0.15) is 31.9 Å². The number of amides is 2. The number of aromatic nitrogens is 1. The summed E-state index contributed by atoms with van der Waals surface area (Å²) in [6.45, 7) is 5.74. The molecule has 2 aromatic rings. The molecule has 172 valence electrons. The highest BCUT2D eigenvalue weighted by Gasteiger charge is 2.50. The van der Waals surface area contributed by atoms with E-state index in [0.717, 1.165) is 11.1 Å². The number of nitrogens with zero attached hydrogens (tertiary/aromatic N) is 2. The quantitative estimate of drug-likeness (QED) is 0.506. The molecule has 9 heteroatoms. The van der Waals surface area contributed by atoms with E-state index in [-0.39, 0.29) is 22.6 Å². The number of ether oxygens (including phenoxy) is 1. The van der Waals surface area contributed by atoms with E-state index < -0.39 is 17.1 Å². The summed E-state index contributed by atoms with van der Waals surface area (Å²) in [5.41, 5.74) is 0.905. The van der Waals surface area contributed by atoms with E-state index in [1.54, 1.807) is 51.2 Å². The van der Waals surface area contributed by atoms with E-state index in [0.29, 0.717) is 22.8 Å². The molecule has 0 saturated heterocycles. The van der Waals surface area contributed by atoms with Crippen molar-refractivity contribution in [1.82, 2.24) is 9.88 Å². The van der Waals surface area contributed by atoms with E-state index in [2.05, 4.69) is 10.3 Å². The molecule has 33 heavy (non-hydrogen) atoms. The lowest BCUT2D eigenvalue weighted by Crippen LogP contribution is -2.42. The van der Waals surface area contributed by atoms with Gasteiger partial charge in [0.2, 0.25) is 5.91 Å². The van der Waals surface area contributed by atoms with E-state index in [4.69, 9.17) is 39.5 Å². The minimum Gasteiger partial charge on any atom is -0.443 e. The number of nitrogens with one attached hydrogen (secondary N) is 1. The number of hydrogen-bond acceptors (Lipinski definition) is 4. The summed E-state index contributed by atoms with van der Waals surface area (Å²) in [6, 6.07) is 8.62. The zero-order valence-electron chi connectivity index (χ0n) is 18.3. The first kappa shape index (κ1) is 23.6. The van der Waals surface area contributed by atoms with Crippen molar-refractivity contribution in [3.05, 3.63) is 80.7 Å². The van der Waals surface area contributed by atoms with Gasteiger partial charge in [-0.15, -0.1) is 0 Å². The number of hydrogen-bond donors (Lipinski definition) is 1. The molecule has 0 aliphatic carbocycles. The predicted octanol–water partition coefficient (Wildman–Crippen LogP) is 6.17. The van der Waals surface area contributed by atoms with Crippen molar-refractivity contribution in [1.29, 1.82) is 0 Å². The molecule has 6 nitrogen and oxygen atoms in total. The fourth-order valence-corrected chi connectivity index (χ4v) is 4.76. The highest BCUT2D eigenvalue weighted by atomic mass is 35.5. The topological polar surface area (TPSA) is 71.5 Å². The molecule has 0 fully saturated rings. The number of fused-ring (bicyclic) bond motifs is 1. The summed E-state index contributed by atoms with van der Waals surface area (Å²) >= 11 is 18.5. The molecule has 0 radical (unpaired) electrons. The van der Waals surface area contributed by atoms with Crippen LogP contribution in [0.25, 0.3) is 0 Å². The van der Waals surface area contributed by atoms with Crippen LogP contribution in [0.3, 0.4) is 0 Å². The summed E-state index contributed by atoms with van der Waals surface area (Å²) in [4.78, 5) is 31.8. The van der Waals surface area contributed by atoms with Gasteiger partial charge in [-0.25, -0.2) is 9.78 Å². The standard InChI is InChI=1S/C24H22Cl3N3O3/c1-23(2,3)33-22(32)30-8-4-5-15(13-30)24(12-14-9-19(26)29-20(27)10-14)17-7-6-16(25)11-18(17)28-21(24)31/h4-7,9-11,13H,8,12H2,1-3H3,(H,28,31). The van der Waals surface area contributed by atoms with Gasteiger partial charge < -0.3 is 10.1 Å². The van der Waals surface area contributed by atoms with Crippen LogP contribution in [0.5, 0.6) is 0 Å². The monoisotopic (exact) mass is 505 g/mol. The van der Waals surface area contributed by atoms with Crippen LogP contribution in [-0.4, -0.2) is 34.0 Å². The normalized spacial score (nSPS) is 19.8. The molecule has 1 aromatic carbocycles. The Bertz CT molecular complexity index is 1180. The van der Waals surface area contributed by atoms with Crippen LogP contribution in [0.15, 0.2) is 54.3 Å². The first-order valence-electron chi connectivity index (χ1n) is 10.3. The number of rotatable bonds is 3. The Labute approximate surface area is 207 Å². The fourth-order valence-electron chi connectivity index (χ4n) is 4.09. The Morgan fingerprint density at radius 1 is 1.18 bits per heavy atom. The Balaban J connectivity index is 1.85. The maximum Gasteiger partial charge on any atom is 0.414 e. The van der Waals surface area contributed by atoms with Crippen molar-refractivity contribution in [3.63, 3.8) is 0 Å². The highest BCUT2D eigenvalue weighted by molar-refractivity contribution is 6.32. The SMILES string of the molecule is CC(C)(C)OC(=O)N1C=C(C2(Cc3cc(Cl)nc(Cl)c3)C(=O)Nc3cc(Cl)ccc32)C=CC1.